The number of nitrogen functional groups attached to an aromatic ring is 1. The molecule has 34 heavy (non-hydrogen) atoms. The number of rotatable bonds is 6. The van der Waals surface area contributed by atoms with Gasteiger partial charge in [0.1, 0.15) is 16.9 Å². The second-order valence-corrected chi connectivity index (χ2v) is 7.90. The number of fused-ring (bicyclic) bond motifs is 2. The SMILES string of the molecule is Nc1c(C(=O)NC[C@@H]2CCCO2)c2nc3ccccc3nc2n1/N=C\c1cccc([N+](=O)[O-])c1. The monoisotopic (exact) mass is 459 g/mol. The van der Waals surface area contributed by atoms with Crippen LogP contribution in [0.15, 0.2) is 53.6 Å². The van der Waals surface area contributed by atoms with Gasteiger partial charge in [0.25, 0.3) is 11.6 Å². The van der Waals surface area contributed by atoms with E-state index >= 15 is 0 Å². The summed E-state index contributed by atoms with van der Waals surface area (Å²) in [5, 5.41) is 18.3. The maximum atomic E-state index is 13.1. The standard InChI is InChI=1S/C23H21N7O4/c24-21-19(23(31)25-13-16-7-4-10-34-16)20-22(28-18-9-2-1-8-17(18)27-20)29(21)26-12-14-5-3-6-15(11-14)30(32)33/h1-3,5-6,8-9,11-12,16H,4,7,10,13,24H2,(H,25,31)/b26-12-/t16-/m0/s1. The molecule has 1 saturated heterocycles. The van der Waals surface area contributed by atoms with Crippen LogP contribution in [0.5, 0.6) is 0 Å². The number of non-ortho nitro benzene ring substituents is 1. The van der Waals surface area contributed by atoms with Crippen molar-refractivity contribution < 1.29 is 14.5 Å². The molecule has 3 N–H and O–H groups in total. The number of nitrogens with two attached hydrogens (primary N) is 1. The summed E-state index contributed by atoms with van der Waals surface area (Å²) in [6, 6.07) is 13.3. The molecule has 1 aliphatic heterocycles. The van der Waals surface area contributed by atoms with Crippen molar-refractivity contribution in [1.29, 1.82) is 0 Å². The lowest BCUT2D eigenvalue weighted by molar-refractivity contribution is -0.384. The predicted octanol–water partition coefficient (Wildman–Crippen LogP) is 2.87. The minimum Gasteiger partial charge on any atom is -0.383 e. The van der Waals surface area contributed by atoms with E-state index in [2.05, 4.69) is 20.4 Å². The van der Waals surface area contributed by atoms with Gasteiger partial charge in [-0.25, -0.2) is 9.97 Å². The van der Waals surface area contributed by atoms with Crippen molar-refractivity contribution >= 4 is 45.8 Å². The van der Waals surface area contributed by atoms with E-state index in [1.165, 1.54) is 23.0 Å². The molecule has 172 valence electrons. The van der Waals surface area contributed by atoms with Gasteiger partial charge in [0, 0.05) is 30.8 Å². The molecule has 2 aromatic carbocycles. The summed E-state index contributed by atoms with van der Waals surface area (Å²) in [5.74, 6) is -0.330. The van der Waals surface area contributed by atoms with Crippen molar-refractivity contribution in [2.24, 2.45) is 5.10 Å². The minimum absolute atomic E-state index is 0.0302. The lowest BCUT2D eigenvalue weighted by Gasteiger charge is -2.10. The van der Waals surface area contributed by atoms with E-state index in [0.29, 0.717) is 40.9 Å². The quantitative estimate of drug-likeness (QED) is 0.256. The number of carbonyl (C=O) groups excluding carboxylic acids is 1. The highest BCUT2D eigenvalue weighted by Crippen LogP contribution is 2.28. The third-order valence-corrected chi connectivity index (χ3v) is 5.62. The molecule has 0 radical (unpaired) electrons. The van der Waals surface area contributed by atoms with E-state index in [9.17, 15) is 14.9 Å². The molecule has 5 rings (SSSR count). The number of carbonyl (C=O) groups is 1. The molecule has 4 aromatic rings. The predicted molar refractivity (Wildman–Crippen MR) is 127 cm³/mol. The molecule has 1 fully saturated rings. The second kappa shape index (κ2) is 8.87. The third kappa shape index (κ3) is 4.04. The topological polar surface area (TPSA) is 151 Å². The largest absolute Gasteiger partial charge is 0.383 e. The van der Waals surface area contributed by atoms with Crippen LogP contribution in [0, 0.1) is 10.1 Å². The highest BCUT2D eigenvalue weighted by atomic mass is 16.6. The fraction of sp³-hybridized carbons (Fsp3) is 0.217. The normalized spacial score (nSPS) is 15.9. The third-order valence-electron chi connectivity index (χ3n) is 5.62. The molecule has 0 aliphatic carbocycles. The first-order valence-corrected chi connectivity index (χ1v) is 10.8. The Morgan fingerprint density at radius 2 is 2.06 bits per heavy atom. The molecule has 2 aromatic heterocycles. The summed E-state index contributed by atoms with van der Waals surface area (Å²) in [6.07, 6.45) is 3.24. The van der Waals surface area contributed by atoms with E-state index in [0.717, 1.165) is 12.8 Å². The van der Waals surface area contributed by atoms with E-state index in [4.69, 9.17) is 10.5 Å². The van der Waals surface area contributed by atoms with E-state index in [1.807, 2.05) is 12.1 Å². The lowest BCUT2D eigenvalue weighted by atomic mass is 10.2. The van der Waals surface area contributed by atoms with Crippen LogP contribution in [0.1, 0.15) is 28.8 Å². The number of para-hydroxylation sites is 2. The summed E-state index contributed by atoms with van der Waals surface area (Å²) >= 11 is 0. The number of anilines is 1. The number of nitrogens with zero attached hydrogens (tertiary/aromatic N) is 5. The van der Waals surface area contributed by atoms with E-state index in [-0.39, 0.29) is 23.2 Å². The number of amides is 1. The van der Waals surface area contributed by atoms with Crippen LogP contribution < -0.4 is 11.1 Å². The lowest BCUT2D eigenvalue weighted by Crippen LogP contribution is -2.32. The van der Waals surface area contributed by atoms with Gasteiger partial charge in [-0.05, 0) is 25.0 Å². The fourth-order valence-electron chi connectivity index (χ4n) is 3.93. The zero-order valence-corrected chi connectivity index (χ0v) is 18.0. The first-order chi connectivity index (χ1) is 16.5. The minimum atomic E-state index is -0.481. The average Bonchev–Trinajstić information content (AvgIpc) is 3.45. The van der Waals surface area contributed by atoms with E-state index < -0.39 is 10.8 Å². The van der Waals surface area contributed by atoms with Crippen molar-refractivity contribution in [3.8, 4) is 0 Å². The summed E-state index contributed by atoms with van der Waals surface area (Å²) in [5.41, 5.74) is 8.83. The molecular weight excluding hydrogens is 438 g/mol. The molecule has 0 unspecified atom stereocenters. The van der Waals surface area contributed by atoms with Crippen molar-refractivity contribution in [1.82, 2.24) is 20.0 Å². The van der Waals surface area contributed by atoms with E-state index in [1.54, 1.807) is 24.3 Å². The first kappa shape index (κ1) is 21.5. The molecular formula is C23H21N7O4. The summed E-state index contributed by atoms with van der Waals surface area (Å²) < 4.78 is 6.91. The Kier molecular flexibility index (Phi) is 5.60. The van der Waals surface area contributed by atoms with Gasteiger partial charge in [0.05, 0.1) is 28.3 Å². The van der Waals surface area contributed by atoms with Gasteiger partial charge in [-0.3, -0.25) is 14.9 Å². The number of nitro groups is 1. The molecule has 11 heteroatoms. The number of aromatic nitrogens is 3. The second-order valence-electron chi connectivity index (χ2n) is 7.90. The smallest absolute Gasteiger partial charge is 0.270 e. The van der Waals surface area contributed by atoms with Gasteiger partial charge in [0.15, 0.2) is 5.65 Å². The van der Waals surface area contributed by atoms with Crippen molar-refractivity contribution in [2.45, 2.75) is 18.9 Å². The molecule has 0 saturated carbocycles. The fourth-order valence-corrected chi connectivity index (χ4v) is 3.93. The number of hydrogen-bond donors (Lipinski definition) is 2. The zero-order valence-electron chi connectivity index (χ0n) is 18.0. The van der Waals surface area contributed by atoms with Crippen LogP contribution in [-0.2, 0) is 4.74 Å². The first-order valence-electron chi connectivity index (χ1n) is 10.8. The Morgan fingerprint density at radius 3 is 2.79 bits per heavy atom. The Bertz CT molecular complexity index is 1440. The Morgan fingerprint density at radius 1 is 1.26 bits per heavy atom. The molecule has 1 aliphatic rings. The molecule has 1 amide bonds. The zero-order chi connectivity index (χ0) is 23.7. The van der Waals surface area contributed by atoms with Gasteiger partial charge >= 0.3 is 0 Å². The highest BCUT2D eigenvalue weighted by Gasteiger charge is 2.25. The van der Waals surface area contributed by atoms with Crippen LogP contribution in [0.2, 0.25) is 0 Å². The molecule has 3 heterocycles. The van der Waals surface area contributed by atoms with Crippen LogP contribution in [-0.4, -0.2) is 50.9 Å². The van der Waals surface area contributed by atoms with Crippen molar-refractivity contribution in [3.05, 3.63) is 69.8 Å². The van der Waals surface area contributed by atoms with Crippen LogP contribution in [0.3, 0.4) is 0 Å². The van der Waals surface area contributed by atoms with Crippen LogP contribution in [0.25, 0.3) is 22.2 Å². The maximum absolute atomic E-state index is 13.1. The van der Waals surface area contributed by atoms with Gasteiger partial charge < -0.3 is 15.8 Å². The highest BCUT2D eigenvalue weighted by molar-refractivity contribution is 6.10. The Balaban J connectivity index is 1.58. The molecule has 11 nitrogen and oxygen atoms in total. The number of nitrogens with one attached hydrogen (secondary N) is 1. The number of hydrogen-bond acceptors (Lipinski definition) is 8. The number of benzene rings is 2. The Labute approximate surface area is 193 Å². The number of nitro benzene ring substituents is 1. The number of ether oxygens (including phenoxy) is 1. The van der Waals surface area contributed by atoms with Crippen molar-refractivity contribution in [3.63, 3.8) is 0 Å². The van der Waals surface area contributed by atoms with Gasteiger partial charge in [-0.15, -0.1) is 0 Å². The van der Waals surface area contributed by atoms with Gasteiger partial charge in [-0.1, -0.05) is 24.3 Å². The molecule has 0 spiro atoms. The van der Waals surface area contributed by atoms with Gasteiger partial charge in [0.2, 0.25) is 0 Å². The van der Waals surface area contributed by atoms with Crippen LogP contribution in [0.4, 0.5) is 11.5 Å². The van der Waals surface area contributed by atoms with Crippen LogP contribution >= 0.6 is 0 Å². The van der Waals surface area contributed by atoms with Crippen molar-refractivity contribution in [2.75, 3.05) is 18.9 Å². The molecule has 0 bridgehead atoms. The maximum Gasteiger partial charge on any atom is 0.270 e. The Hall–Kier alpha value is -4.38. The summed E-state index contributed by atoms with van der Waals surface area (Å²) in [4.78, 5) is 33.0. The summed E-state index contributed by atoms with van der Waals surface area (Å²) in [6.45, 7) is 1.05. The summed E-state index contributed by atoms with van der Waals surface area (Å²) in [7, 11) is 0. The van der Waals surface area contributed by atoms with Gasteiger partial charge in [-0.2, -0.15) is 9.78 Å². The average molecular weight is 459 g/mol. The molecule has 1 atom stereocenters.